The van der Waals surface area contributed by atoms with Crippen LogP contribution in [0.3, 0.4) is 0 Å². The van der Waals surface area contributed by atoms with Crippen LogP contribution < -0.4 is 10.5 Å². The van der Waals surface area contributed by atoms with Gasteiger partial charge in [0.2, 0.25) is 0 Å². The molecule has 0 fully saturated rings. The molecule has 0 saturated carbocycles. The Hall–Kier alpha value is -3.09. The molecule has 0 saturated heterocycles. The van der Waals surface area contributed by atoms with Crippen molar-refractivity contribution in [3.05, 3.63) is 63.7 Å². The van der Waals surface area contributed by atoms with Crippen LogP contribution in [0.4, 0.5) is 10.5 Å². The third-order valence-corrected chi connectivity index (χ3v) is 3.50. The molecular weight excluding hydrogens is 324 g/mol. The zero-order chi connectivity index (χ0) is 18.6. The summed E-state index contributed by atoms with van der Waals surface area (Å²) in [7, 11) is 0. The molecule has 0 aliphatic rings. The highest BCUT2D eigenvalue weighted by atomic mass is 16.6. The highest BCUT2D eigenvalue weighted by Gasteiger charge is 2.22. The van der Waals surface area contributed by atoms with E-state index in [0.29, 0.717) is 23.5 Å². The van der Waals surface area contributed by atoms with Gasteiger partial charge in [-0.3, -0.25) is 10.1 Å². The van der Waals surface area contributed by atoms with Gasteiger partial charge in [-0.05, 0) is 50.1 Å². The number of non-ortho nitro benzene ring substituents is 1. The van der Waals surface area contributed by atoms with Crippen LogP contribution in [0.15, 0.2) is 42.5 Å². The summed E-state index contributed by atoms with van der Waals surface area (Å²) in [5, 5.41) is 10.8. The molecule has 25 heavy (non-hydrogen) atoms. The van der Waals surface area contributed by atoms with E-state index < -0.39 is 16.6 Å². The Morgan fingerprint density at radius 3 is 2.56 bits per heavy atom. The van der Waals surface area contributed by atoms with E-state index in [1.54, 1.807) is 32.9 Å². The van der Waals surface area contributed by atoms with E-state index in [1.165, 1.54) is 12.1 Å². The zero-order valence-corrected chi connectivity index (χ0v) is 14.3. The maximum Gasteiger partial charge on any atom is 0.405 e. The molecule has 0 bridgehead atoms. The van der Waals surface area contributed by atoms with Crippen LogP contribution in [-0.4, -0.2) is 16.6 Å². The molecule has 0 atom stereocenters. The molecule has 0 aliphatic heterocycles. The van der Waals surface area contributed by atoms with E-state index in [1.807, 2.05) is 18.2 Å². The van der Waals surface area contributed by atoms with Crippen LogP contribution in [0.1, 0.15) is 25.0 Å². The first kappa shape index (κ1) is 18.3. The standard InChI is InChI=1S/C18H20N2O5/c1-12-9-14(20(22)23)7-8-16(12)24-15-6-4-5-13(10-15)11-18(2,3)25-17(19)21/h4-10H,11H2,1-3H3,(H2,19,21). The van der Waals surface area contributed by atoms with Gasteiger partial charge in [0.1, 0.15) is 17.1 Å². The summed E-state index contributed by atoms with van der Waals surface area (Å²) in [6.45, 7) is 5.29. The van der Waals surface area contributed by atoms with Gasteiger partial charge >= 0.3 is 6.09 Å². The summed E-state index contributed by atoms with van der Waals surface area (Å²) in [5.74, 6) is 1.12. The van der Waals surface area contributed by atoms with Crippen molar-refractivity contribution in [3.8, 4) is 11.5 Å². The molecule has 0 aliphatic carbocycles. The molecule has 132 valence electrons. The van der Waals surface area contributed by atoms with Gasteiger partial charge in [0.05, 0.1) is 4.92 Å². The van der Waals surface area contributed by atoms with Gasteiger partial charge in [0.25, 0.3) is 5.69 Å². The molecule has 0 radical (unpaired) electrons. The van der Waals surface area contributed by atoms with Gasteiger partial charge in [0.15, 0.2) is 0 Å². The first-order valence-corrected chi connectivity index (χ1v) is 7.66. The second-order valence-electron chi connectivity index (χ2n) is 6.31. The molecule has 0 heterocycles. The van der Waals surface area contributed by atoms with Crippen molar-refractivity contribution in [1.82, 2.24) is 0 Å². The molecule has 0 aromatic heterocycles. The number of aryl methyl sites for hydroxylation is 1. The number of primary amides is 1. The third-order valence-electron chi connectivity index (χ3n) is 3.50. The Bertz CT molecular complexity index is 802. The topological polar surface area (TPSA) is 105 Å². The Kier molecular flexibility index (Phi) is 5.26. The van der Waals surface area contributed by atoms with E-state index in [0.717, 1.165) is 5.56 Å². The summed E-state index contributed by atoms with van der Waals surface area (Å²) < 4.78 is 10.9. The average Bonchev–Trinajstić information content (AvgIpc) is 2.47. The molecule has 2 aromatic carbocycles. The number of carbonyl (C=O) groups excluding carboxylic acids is 1. The van der Waals surface area contributed by atoms with Crippen LogP contribution in [-0.2, 0) is 11.2 Å². The van der Waals surface area contributed by atoms with Gasteiger partial charge in [-0.2, -0.15) is 0 Å². The van der Waals surface area contributed by atoms with E-state index >= 15 is 0 Å². The predicted molar refractivity (Wildman–Crippen MR) is 92.8 cm³/mol. The van der Waals surface area contributed by atoms with Crippen LogP contribution >= 0.6 is 0 Å². The fourth-order valence-corrected chi connectivity index (χ4v) is 2.51. The molecular formula is C18H20N2O5. The Labute approximate surface area is 145 Å². The van der Waals surface area contributed by atoms with Gasteiger partial charge in [-0.15, -0.1) is 0 Å². The van der Waals surface area contributed by atoms with Crippen molar-refractivity contribution < 1.29 is 19.2 Å². The Morgan fingerprint density at radius 1 is 1.24 bits per heavy atom. The van der Waals surface area contributed by atoms with E-state index in [9.17, 15) is 14.9 Å². The maximum atomic E-state index is 11.0. The largest absolute Gasteiger partial charge is 0.457 e. The second-order valence-corrected chi connectivity index (χ2v) is 6.31. The molecule has 7 nitrogen and oxygen atoms in total. The summed E-state index contributed by atoms with van der Waals surface area (Å²) in [6, 6.07) is 11.8. The second kappa shape index (κ2) is 7.21. The summed E-state index contributed by atoms with van der Waals surface area (Å²) in [4.78, 5) is 21.3. The van der Waals surface area contributed by atoms with Crippen LogP contribution in [0, 0.1) is 17.0 Å². The number of hydrogen-bond donors (Lipinski definition) is 1. The number of nitro groups is 1. The zero-order valence-electron chi connectivity index (χ0n) is 14.3. The highest BCUT2D eigenvalue weighted by Crippen LogP contribution is 2.29. The quantitative estimate of drug-likeness (QED) is 0.627. The van der Waals surface area contributed by atoms with E-state index in [-0.39, 0.29) is 5.69 Å². The number of nitrogens with zero attached hydrogens (tertiary/aromatic N) is 1. The number of nitro benzene ring substituents is 1. The molecule has 2 aromatic rings. The van der Waals surface area contributed by atoms with Crippen LogP contribution in [0.25, 0.3) is 0 Å². The van der Waals surface area contributed by atoms with Gasteiger partial charge in [0, 0.05) is 18.6 Å². The molecule has 2 N–H and O–H groups in total. The number of carbonyl (C=O) groups is 1. The smallest absolute Gasteiger partial charge is 0.405 e. The summed E-state index contributed by atoms with van der Waals surface area (Å²) >= 11 is 0. The maximum absolute atomic E-state index is 11.0. The molecule has 0 unspecified atom stereocenters. The van der Waals surface area contributed by atoms with Crippen LogP contribution in [0.5, 0.6) is 11.5 Å². The minimum absolute atomic E-state index is 0.0175. The van der Waals surface area contributed by atoms with Crippen molar-refractivity contribution in [2.24, 2.45) is 5.73 Å². The molecule has 2 rings (SSSR count). The number of rotatable bonds is 6. The van der Waals surface area contributed by atoms with Crippen molar-refractivity contribution >= 4 is 11.8 Å². The number of hydrogen-bond acceptors (Lipinski definition) is 5. The van der Waals surface area contributed by atoms with Crippen LogP contribution in [0.2, 0.25) is 0 Å². The SMILES string of the molecule is Cc1cc([N+](=O)[O-])ccc1Oc1cccc(CC(C)(C)OC(N)=O)c1. The predicted octanol–water partition coefficient (Wildman–Crippen LogP) is 4.11. The lowest BCUT2D eigenvalue weighted by Gasteiger charge is -2.24. The van der Waals surface area contributed by atoms with Gasteiger partial charge < -0.3 is 15.2 Å². The number of ether oxygens (including phenoxy) is 2. The first-order valence-electron chi connectivity index (χ1n) is 7.66. The van der Waals surface area contributed by atoms with Crippen molar-refractivity contribution in [2.45, 2.75) is 32.8 Å². The average molecular weight is 344 g/mol. The fourth-order valence-electron chi connectivity index (χ4n) is 2.51. The van der Waals surface area contributed by atoms with Gasteiger partial charge in [-0.1, -0.05) is 12.1 Å². The Balaban J connectivity index is 2.17. The van der Waals surface area contributed by atoms with Gasteiger partial charge in [-0.25, -0.2) is 4.79 Å². The minimum Gasteiger partial charge on any atom is -0.457 e. The first-order chi connectivity index (χ1) is 11.7. The lowest BCUT2D eigenvalue weighted by molar-refractivity contribution is -0.384. The summed E-state index contributed by atoms with van der Waals surface area (Å²) in [5.41, 5.74) is 5.93. The van der Waals surface area contributed by atoms with Crippen molar-refractivity contribution in [3.63, 3.8) is 0 Å². The Morgan fingerprint density at radius 2 is 1.96 bits per heavy atom. The normalized spacial score (nSPS) is 11.0. The lowest BCUT2D eigenvalue weighted by Crippen LogP contribution is -2.33. The molecule has 1 amide bonds. The lowest BCUT2D eigenvalue weighted by atomic mass is 9.98. The molecule has 0 spiro atoms. The number of benzene rings is 2. The third kappa shape index (κ3) is 5.20. The fraction of sp³-hybridized carbons (Fsp3) is 0.278. The van der Waals surface area contributed by atoms with E-state index in [4.69, 9.17) is 15.2 Å². The van der Waals surface area contributed by atoms with E-state index in [2.05, 4.69) is 0 Å². The minimum atomic E-state index is -0.820. The highest BCUT2D eigenvalue weighted by molar-refractivity contribution is 5.65. The van der Waals surface area contributed by atoms with Crippen molar-refractivity contribution in [2.75, 3.05) is 0 Å². The monoisotopic (exact) mass is 344 g/mol. The summed E-state index contributed by atoms with van der Waals surface area (Å²) in [6.07, 6.45) is -0.356. The number of nitrogens with two attached hydrogens (primary N) is 1. The molecule has 7 heteroatoms. The number of amides is 1. The van der Waals surface area contributed by atoms with Crippen molar-refractivity contribution in [1.29, 1.82) is 0 Å².